The number of hydrogen-bond donors (Lipinski definition) is 1. The third kappa shape index (κ3) is 3.38. The minimum absolute atomic E-state index is 0.0419. The molecule has 1 saturated heterocycles. The van der Waals surface area contributed by atoms with Gasteiger partial charge in [-0.05, 0) is 19.8 Å². The fraction of sp³-hybridized carbons (Fsp3) is 0.500. The normalized spacial score (nSPS) is 18.0. The Balaban J connectivity index is 1.74. The Morgan fingerprint density at radius 1 is 1.48 bits per heavy atom. The summed E-state index contributed by atoms with van der Waals surface area (Å²) in [6, 6.07) is 0.113. The SMILES string of the molecule is CCOc1cncc(N2CCC[C@@H](n3cnc(C(N)=O)n3)C2)n1. The van der Waals surface area contributed by atoms with Crippen molar-refractivity contribution in [1.29, 1.82) is 0 Å². The van der Waals surface area contributed by atoms with Crippen molar-refractivity contribution < 1.29 is 9.53 Å². The van der Waals surface area contributed by atoms with Gasteiger partial charge >= 0.3 is 0 Å². The largest absolute Gasteiger partial charge is 0.477 e. The maximum Gasteiger partial charge on any atom is 0.288 e. The van der Waals surface area contributed by atoms with Gasteiger partial charge in [0.2, 0.25) is 11.7 Å². The quantitative estimate of drug-likeness (QED) is 0.849. The molecule has 0 radical (unpaired) electrons. The molecule has 1 atom stereocenters. The van der Waals surface area contributed by atoms with E-state index in [1.54, 1.807) is 23.4 Å². The van der Waals surface area contributed by atoms with Gasteiger partial charge in [0.05, 0.1) is 25.0 Å². The van der Waals surface area contributed by atoms with E-state index in [0.717, 1.165) is 25.2 Å². The van der Waals surface area contributed by atoms with Gasteiger partial charge in [0, 0.05) is 13.1 Å². The van der Waals surface area contributed by atoms with Gasteiger partial charge in [-0.3, -0.25) is 9.78 Å². The third-order valence-electron chi connectivity index (χ3n) is 3.72. The Morgan fingerprint density at radius 2 is 2.35 bits per heavy atom. The van der Waals surface area contributed by atoms with Crippen molar-refractivity contribution in [3.05, 3.63) is 24.5 Å². The smallest absolute Gasteiger partial charge is 0.288 e. The van der Waals surface area contributed by atoms with E-state index in [9.17, 15) is 4.79 Å². The van der Waals surface area contributed by atoms with E-state index in [2.05, 4.69) is 25.0 Å². The summed E-state index contributed by atoms with van der Waals surface area (Å²) in [5.74, 6) is 0.715. The van der Waals surface area contributed by atoms with Crippen molar-refractivity contribution in [2.75, 3.05) is 24.6 Å². The molecule has 3 rings (SSSR count). The summed E-state index contributed by atoms with van der Waals surface area (Å²) in [5, 5.41) is 4.15. The topological polar surface area (TPSA) is 112 Å². The van der Waals surface area contributed by atoms with E-state index < -0.39 is 5.91 Å². The van der Waals surface area contributed by atoms with Crippen LogP contribution in [-0.4, -0.2) is 50.3 Å². The second-order valence-electron chi connectivity index (χ2n) is 5.30. The van der Waals surface area contributed by atoms with Crippen molar-refractivity contribution in [2.45, 2.75) is 25.8 Å². The van der Waals surface area contributed by atoms with Crippen LogP contribution in [0.25, 0.3) is 0 Å². The van der Waals surface area contributed by atoms with Gasteiger partial charge in [0.25, 0.3) is 5.91 Å². The Kier molecular flexibility index (Phi) is 4.35. The second kappa shape index (κ2) is 6.59. The highest BCUT2D eigenvalue weighted by atomic mass is 16.5. The Morgan fingerprint density at radius 3 is 3.09 bits per heavy atom. The fourth-order valence-corrected chi connectivity index (χ4v) is 2.65. The maximum absolute atomic E-state index is 11.1. The van der Waals surface area contributed by atoms with E-state index in [1.165, 1.54) is 0 Å². The van der Waals surface area contributed by atoms with E-state index in [4.69, 9.17) is 10.5 Å². The van der Waals surface area contributed by atoms with Crippen molar-refractivity contribution in [1.82, 2.24) is 24.7 Å². The van der Waals surface area contributed by atoms with Crippen molar-refractivity contribution in [3.63, 3.8) is 0 Å². The van der Waals surface area contributed by atoms with Gasteiger partial charge in [0.15, 0.2) is 5.82 Å². The summed E-state index contributed by atoms with van der Waals surface area (Å²) in [6.45, 7) is 4.06. The summed E-state index contributed by atoms with van der Waals surface area (Å²) < 4.78 is 7.10. The van der Waals surface area contributed by atoms with Crippen LogP contribution in [0.5, 0.6) is 5.88 Å². The molecular formula is C14H19N7O2. The molecule has 9 nitrogen and oxygen atoms in total. The highest BCUT2D eigenvalue weighted by molar-refractivity contribution is 5.88. The van der Waals surface area contributed by atoms with Gasteiger partial charge in [-0.1, -0.05) is 0 Å². The number of carbonyl (C=O) groups is 1. The summed E-state index contributed by atoms with van der Waals surface area (Å²) >= 11 is 0. The fourth-order valence-electron chi connectivity index (χ4n) is 2.65. The highest BCUT2D eigenvalue weighted by Crippen LogP contribution is 2.25. The molecule has 2 N–H and O–H groups in total. The molecule has 0 aliphatic carbocycles. The Labute approximate surface area is 133 Å². The van der Waals surface area contributed by atoms with Gasteiger partial charge in [-0.25, -0.2) is 9.67 Å². The molecule has 0 unspecified atom stereocenters. The zero-order valence-corrected chi connectivity index (χ0v) is 12.9. The van der Waals surface area contributed by atoms with Crippen LogP contribution in [0.2, 0.25) is 0 Å². The van der Waals surface area contributed by atoms with Gasteiger partial charge in [-0.2, -0.15) is 4.98 Å². The maximum atomic E-state index is 11.1. The van der Waals surface area contributed by atoms with Crippen LogP contribution in [0.15, 0.2) is 18.7 Å². The minimum atomic E-state index is -0.619. The number of nitrogens with two attached hydrogens (primary N) is 1. The number of nitrogens with zero attached hydrogens (tertiary/aromatic N) is 6. The zero-order valence-electron chi connectivity index (χ0n) is 12.9. The molecule has 0 aromatic carbocycles. The van der Waals surface area contributed by atoms with Gasteiger partial charge in [0.1, 0.15) is 6.33 Å². The van der Waals surface area contributed by atoms with E-state index >= 15 is 0 Å². The van der Waals surface area contributed by atoms with Crippen LogP contribution < -0.4 is 15.4 Å². The predicted octanol–water partition coefficient (Wildman–Crippen LogP) is 0.407. The number of ether oxygens (including phenoxy) is 1. The molecule has 0 spiro atoms. The Hall–Kier alpha value is -2.71. The van der Waals surface area contributed by atoms with Crippen LogP contribution in [-0.2, 0) is 0 Å². The lowest BCUT2D eigenvalue weighted by Gasteiger charge is -2.33. The van der Waals surface area contributed by atoms with Crippen LogP contribution >= 0.6 is 0 Å². The summed E-state index contributed by atoms with van der Waals surface area (Å²) in [5.41, 5.74) is 5.20. The van der Waals surface area contributed by atoms with Crippen LogP contribution in [0, 0.1) is 0 Å². The zero-order chi connectivity index (χ0) is 16.2. The number of anilines is 1. The van der Waals surface area contributed by atoms with Crippen LogP contribution in [0.4, 0.5) is 5.82 Å². The number of aromatic nitrogens is 5. The minimum Gasteiger partial charge on any atom is -0.477 e. The molecule has 9 heteroatoms. The average Bonchev–Trinajstić information content (AvgIpc) is 3.06. The van der Waals surface area contributed by atoms with Crippen molar-refractivity contribution in [3.8, 4) is 5.88 Å². The van der Waals surface area contributed by atoms with E-state index in [0.29, 0.717) is 19.0 Å². The van der Waals surface area contributed by atoms with Crippen LogP contribution in [0.1, 0.15) is 36.4 Å². The molecule has 3 heterocycles. The molecular weight excluding hydrogens is 298 g/mol. The monoisotopic (exact) mass is 317 g/mol. The molecule has 1 amide bonds. The van der Waals surface area contributed by atoms with Gasteiger partial charge in [-0.15, -0.1) is 5.10 Å². The Bertz CT molecular complexity index is 687. The number of amides is 1. The molecule has 122 valence electrons. The van der Waals surface area contributed by atoms with Crippen molar-refractivity contribution in [2.24, 2.45) is 5.73 Å². The lowest BCUT2D eigenvalue weighted by Crippen LogP contribution is -2.37. The summed E-state index contributed by atoms with van der Waals surface area (Å²) in [6.07, 6.45) is 6.82. The molecule has 2 aromatic heterocycles. The standard InChI is InChI=1S/C14H19N7O2/c1-2-23-12-7-16-6-11(18-12)20-5-3-4-10(8-20)21-9-17-14(19-21)13(15)22/h6-7,9-10H,2-5,8H2,1H3,(H2,15,22)/t10-/m1/s1. The first kappa shape index (κ1) is 15.2. The number of primary amides is 1. The highest BCUT2D eigenvalue weighted by Gasteiger charge is 2.24. The second-order valence-corrected chi connectivity index (χ2v) is 5.30. The molecule has 0 saturated carbocycles. The van der Waals surface area contributed by atoms with E-state index in [-0.39, 0.29) is 11.9 Å². The molecule has 23 heavy (non-hydrogen) atoms. The number of hydrogen-bond acceptors (Lipinski definition) is 7. The summed E-state index contributed by atoms with van der Waals surface area (Å²) in [7, 11) is 0. The lowest BCUT2D eigenvalue weighted by atomic mass is 10.1. The van der Waals surface area contributed by atoms with Crippen LogP contribution in [0.3, 0.4) is 0 Å². The predicted molar refractivity (Wildman–Crippen MR) is 82.2 cm³/mol. The first-order valence-electron chi connectivity index (χ1n) is 7.58. The molecule has 0 bridgehead atoms. The first-order chi connectivity index (χ1) is 11.2. The molecule has 1 aliphatic heterocycles. The molecule has 2 aromatic rings. The number of carbonyl (C=O) groups excluding carboxylic acids is 1. The average molecular weight is 317 g/mol. The summed E-state index contributed by atoms with van der Waals surface area (Å²) in [4.78, 5) is 25.8. The third-order valence-corrected chi connectivity index (χ3v) is 3.72. The van der Waals surface area contributed by atoms with Gasteiger partial charge < -0.3 is 15.4 Å². The molecule has 1 fully saturated rings. The number of piperidine rings is 1. The number of rotatable bonds is 5. The van der Waals surface area contributed by atoms with Crippen molar-refractivity contribution >= 4 is 11.7 Å². The molecule has 1 aliphatic rings. The lowest BCUT2D eigenvalue weighted by molar-refractivity contribution is 0.0990. The first-order valence-corrected chi connectivity index (χ1v) is 7.58. The van der Waals surface area contributed by atoms with E-state index in [1.807, 2.05) is 6.92 Å².